The highest BCUT2D eigenvalue weighted by Gasteiger charge is 2.32. The molecular weight excluding hydrogens is 718 g/mol. The van der Waals surface area contributed by atoms with Crippen molar-refractivity contribution in [2.24, 2.45) is 5.92 Å². The number of aromatic nitrogens is 3. The number of amides is 3. The van der Waals surface area contributed by atoms with Crippen molar-refractivity contribution in [1.82, 2.24) is 29.6 Å². The van der Waals surface area contributed by atoms with Gasteiger partial charge in [-0.3, -0.25) is 15.0 Å². The Kier molecular flexibility index (Phi) is 10.2. The molecule has 2 N–H and O–H groups in total. The minimum absolute atomic E-state index is 0.0964. The van der Waals surface area contributed by atoms with Gasteiger partial charge in [-0.25, -0.2) is 23.2 Å². The van der Waals surface area contributed by atoms with Gasteiger partial charge in [0.05, 0.1) is 27.7 Å². The van der Waals surface area contributed by atoms with Crippen LogP contribution in [0.2, 0.25) is 5.02 Å². The van der Waals surface area contributed by atoms with Gasteiger partial charge in [0.25, 0.3) is 0 Å². The Bertz CT molecular complexity index is 2060. The predicted octanol–water partition coefficient (Wildman–Crippen LogP) is 5.08. The number of piperidine rings is 3. The zero-order valence-corrected chi connectivity index (χ0v) is 31.1. The summed E-state index contributed by atoms with van der Waals surface area (Å²) in [5.74, 6) is 1.70. The van der Waals surface area contributed by atoms with Crippen molar-refractivity contribution in [2.75, 3.05) is 67.5 Å². The second-order valence-electron chi connectivity index (χ2n) is 14.6. The van der Waals surface area contributed by atoms with Gasteiger partial charge in [0, 0.05) is 57.4 Å². The summed E-state index contributed by atoms with van der Waals surface area (Å²) >= 11 is 5.89. The predicted molar refractivity (Wildman–Crippen MR) is 202 cm³/mol. The van der Waals surface area contributed by atoms with Crippen LogP contribution < -0.4 is 20.4 Å². The molecule has 14 nitrogen and oxygen atoms in total. The first-order chi connectivity index (χ1) is 25.7. The third kappa shape index (κ3) is 7.84. The molecule has 0 spiro atoms. The Balaban J connectivity index is 0.800. The summed E-state index contributed by atoms with van der Waals surface area (Å²) < 4.78 is 34.5. The fourth-order valence-electron chi connectivity index (χ4n) is 8.14. The first-order valence-corrected chi connectivity index (χ1v) is 20.3. The standard InChI is InChI=1S/C37H44ClN9O5S/c38-28-22-39-36(40-23-28)41-29-10-17-46(18-11-29)53(50,51)31-3-1-2-30(21-31)45-15-6-25(7-16-45)24-44-13-8-26(9-14-44)27-4-5-32-33(20-27)52-43-35(32)47-19-12-34(48)42-37(47)49/h1-5,20-23,25-26,29H,6-19,24H2,(H,39,40,41)(H,42,48,49). The lowest BCUT2D eigenvalue weighted by Gasteiger charge is -2.38. The van der Waals surface area contributed by atoms with Gasteiger partial charge in [0.15, 0.2) is 11.4 Å². The maximum atomic E-state index is 13.7. The van der Waals surface area contributed by atoms with Gasteiger partial charge in [0.1, 0.15) is 0 Å². The van der Waals surface area contributed by atoms with Crippen LogP contribution >= 0.6 is 11.6 Å². The van der Waals surface area contributed by atoms with Crippen LogP contribution in [-0.2, 0) is 14.8 Å². The molecule has 2 aromatic heterocycles. The third-order valence-electron chi connectivity index (χ3n) is 11.2. The molecule has 0 saturated carbocycles. The summed E-state index contributed by atoms with van der Waals surface area (Å²) in [7, 11) is -3.61. The molecular formula is C37H44ClN9O5S. The molecule has 4 aliphatic heterocycles. The molecule has 2 aromatic carbocycles. The fraction of sp³-hybridized carbons (Fsp3) is 0.486. The Hall–Kier alpha value is -4.31. The van der Waals surface area contributed by atoms with Crippen molar-refractivity contribution in [3.63, 3.8) is 0 Å². The van der Waals surface area contributed by atoms with Gasteiger partial charge in [-0.15, -0.1) is 0 Å². The number of carbonyl (C=O) groups excluding carboxylic acids is 2. The number of likely N-dealkylation sites (tertiary alicyclic amines) is 1. The molecule has 3 amide bonds. The second kappa shape index (κ2) is 15.2. The quantitative estimate of drug-likeness (QED) is 0.235. The van der Waals surface area contributed by atoms with E-state index in [9.17, 15) is 18.0 Å². The number of rotatable bonds is 9. The van der Waals surface area contributed by atoms with Gasteiger partial charge < -0.3 is 19.6 Å². The van der Waals surface area contributed by atoms with E-state index < -0.39 is 16.1 Å². The Morgan fingerprint density at radius 3 is 2.38 bits per heavy atom. The minimum atomic E-state index is -3.61. The molecule has 0 bridgehead atoms. The van der Waals surface area contributed by atoms with E-state index in [1.165, 1.54) is 10.5 Å². The summed E-state index contributed by atoms with van der Waals surface area (Å²) in [6, 6.07) is 13.2. The SMILES string of the molecule is O=C1CCN(c2noc3cc(C4CCN(CC5CCN(c6cccc(S(=O)(=O)N7CCC(Nc8ncc(Cl)cn8)CC7)c6)CC5)CC4)ccc23)C(=O)N1. The Labute approximate surface area is 313 Å². The van der Waals surface area contributed by atoms with Crippen molar-refractivity contribution in [3.05, 3.63) is 65.4 Å². The average Bonchev–Trinajstić information content (AvgIpc) is 3.60. The van der Waals surface area contributed by atoms with Gasteiger partial charge in [-0.2, -0.15) is 4.31 Å². The molecule has 53 heavy (non-hydrogen) atoms. The smallest absolute Gasteiger partial charge is 0.329 e. The fourth-order valence-corrected chi connectivity index (χ4v) is 9.75. The number of fused-ring (bicyclic) bond motifs is 1. The van der Waals surface area contributed by atoms with Gasteiger partial charge in [0.2, 0.25) is 21.9 Å². The minimum Gasteiger partial charge on any atom is -0.371 e. The first-order valence-electron chi connectivity index (χ1n) is 18.5. The number of imide groups is 1. The molecule has 280 valence electrons. The van der Waals surface area contributed by atoms with Crippen LogP contribution in [0.3, 0.4) is 0 Å². The van der Waals surface area contributed by atoms with Crippen LogP contribution in [0.5, 0.6) is 0 Å². The molecule has 0 radical (unpaired) electrons. The van der Waals surface area contributed by atoms with Crippen molar-refractivity contribution in [1.29, 1.82) is 0 Å². The number of anilines is 3. The number of urea groups is 1. The maximum absolute atomic E-state index is 13.7. The molecule has 4 fully saturated rings. The van der Waals surface area contributed by atoms with Crippen LogP contribution in [0.25, 0.3) is 11.0 Å². The van der Waals surface area contributed by atoms with Gasteiger partial charge >= 0.3 is 6.03 Å². The van der Waals surface area contributed by atoms with E-state index in [4.69, 9.17) is 16.1 Å². The number of nitrogens with zero attached hydrogens (tertiary/aromatic N) is 7. The number of halogens is 1. The van der Waals surface area contributed by atoms with Crippen molar-refractivity contribution in [3.8, 4) is 0 Å². The van der Waals surface area contributed by atoms with Crippen LogP contribution in [0.1, 0.15) is 56.4 Å². The normalized spacial score (nSPS) is 20.6. The van der Waals surface area contributed by atoms with Gasteiger partial charge in [-0.1, -0.05) is 28.9 Å². The summed E-state index contributed by atoms with van der Waals surface area (Å²) in [5.41, 5.74) is 2.84. The van der Waals surface area contributed by atoms with E-state index in [1.807, 2.05) is 24.3 Å². The number of benzene rings is 2. The molecule has 0 unspecified atom stereocenters. The summed E-state index contributed by atoms with van der Waals surface area (Å²) in [4.78, 5) is 39.0. The van der Waals surface area contributed by atoms with Crippen LogP contribution in [0.15, 0.2) is 64.3 Å². The topological polar surface area (TPSA) is 157 Å². The number of hydrogen-bond donors (Lipinski definition) is 2. The number of nitrogens with one attached hydrogen (secondary N) is 2. The number of carbonyl (C=O) groups is 2. The highest BCUT2D eigenvalue weighted by atomic mass is 35.5. The third-order valence-corrected chi connectivity index (χ3v) is 13.3. The maximum Gasteiger partial charge on any atom is 0.329 e. The molecule has 6 heterocycles. The number of sulfonamides is 1. The molecule has 4 saturated heterocycles. The Morgan fingerprint density at radius 1 is 0.887 bits per heavy atom. The largest absolute Gasteiger partial charge is 0.371 e. The van der Waals surface area contributed by atoms with E-state index in [2.05, 4.69) is 47.7 Å². The second-order valence-corrected chi connectivity index (χ2v) is 16.9. The molecule has 4 aliphatic rings. The lowest BCUT2D eigenvalue weighted by Crippen LogP contribution is -2.49. The van der Waals surface area contributed by atoms with Gasteiger partial charge in [-0.05, 0) is 99.3 Å². The van der Waals surface area contributed by atoms with Crippen molar-refractivity contribution >= 4 is 62.0 Å². The van der Waals surface area contributed by atoms with Crippen LogP contribution in [0, 0.1) is 5.92 Å². The average molecular weight is 762 g/mol. The first kappa shape index (κ1) is 35.7. The summed E-state index contributed by atoms with van der Waals surface area (Å²) in [6.07, 6.45) is 8.93. The molecule has 8 rings (SSSR count). The highest BCUT2D eigenvalue weighted by Crippen LogP contribution is 2.35. The molecule has 16 heteroatoms. The monoisotopic (exact) mass is 761 g/mol. The van der Waals surface area contributed by atoms with Crippen molar-refractivity contribution < 1.29 is 22.5 Å². The van der Waals surface area contributed by atoms with E-state index in [-0.39, 0.29) is 24.9 Å². The lowest BCUT2D eigenvalue weighted by atomic mass is 9.88. The highest BCUT2D eigenvalue weighted by molar-refractivity contribution is 7.89. The van der Waals surface area contributed by atoms with Crippen LogP contribution in [-0.4, -0.2) is 103 Å². The molecule has 4 aromatic rings. The van der Waals surface area contributed by atoms with E-state index >= 15 is 0 Å². The van der Waals surface area contributed by atoms with E-state index in [0.717, 1.165) is 69.5 Å². The zero-order valence-electron chi connectivity index (χ0n) is 29.5. The molecule has 0 atom stereocenters. The molecule has 0 aliphatic carbocycles. The summed E-state index contributed by atoms with van der Waals surface area (Å²) in [5, 5.41) is 11.0. The van der Waals surface area contributed by atoms with Crippen molar-refractivity contribution in [2.45, 2.75) is 61.8 Å². The van der Waals surface area contributed by atoms with Crippen LogP contribution in [0.4, 0.5) is 22.2 Å². The number of hydrogen-bond acceptors (Lipinski definition) is 11. The van der Waals surface area contributed by atoms with E-state index in [0.29, 0.717) is 65.0 Å². The van der Waals surface area contributed by atoms with E-state index in [1.54, 1.807) is 22.8 Å². The lowest BCUT2D eigenvalue weighted by molar-refractivity contribution is -0.120. The zero-order chi connectivity index (χ0) is 36.5. The Morgan fingerprint density at radius 2 is 1.64 bits per heavy atom. The summed E-state index contributed by atoms with van der Waals surface area (Å²) in [6.45, 7) is 6.11.